The van der Waals surface area contributed by atoms with Crippen molar-refractivity contribution in [3.8, 4) is 0 Å². The molecule has 0 saturated carbocycles. The van der Waals surface area contributed by atoms with Gasteiger partial charge in [0.05, 0.1) is 24.1 Å². The van der Waals surface area contributed by atoms with Crippen molar-refractivity contribution in [1.29, 1.82) is 0 Å². The third-order valence-corrected chi connectivity index (χ3v) is 6.56. The number of hydrogen-bond acceptors (Lipinski definition) is 5. The van der Waals surface area contributed by atoms with Crippen molar-refractivity contribution in [2.24, 2.45) is 0 Å². The number of methoxy groups -OCH3 is 1. The molecule has 2 rings (SSSR count). The van der Waals surface area contributed by atoms with E-state index < -0.39 is 21.9 Å². The first kappa shape index (κ1) is 23.3. The van der Waals surface area contributed by atoms with Gasteiger partial charge in [-0.25, -0.2) is 13.2 Å². The minimum Gasteiger partial charge on any atom is -0.465 e. The van der Waals surface area contributed by atoms with Gasteiger partial charge in [-0.3, -0.25) is 4.79 Å². The Hall–Kier alpha value is -2.97. The van der Waals surface area contributed by atoms with Crippen molar-refractivity contribution in [2.75, 3.05) is 25.5 Å². The van der Waals surface area contributed by atoms with Gasteiger partial charge in [0.15, 0.2) is 0 Å². The molecule has 0 aliphatic carbocycles. The summed E-state index contributed by atoms with van der Waals surface area (Å²) in [5.74, 6) is -0.992. The number of nitrogens with one attached hydrogen (secondary N) is 1. The normalized spacial score (nSPS) is 11.2. The first-order valence-corrected chi connectivity index (χ1v) is 10.7. The minimum absolute atomic E-state index is 0.0101. The summed E-state index contributed by atoms with van der Waals surface area (Å²) in [5.41, 5.74) is 3.00. The molecule has 30 heavy (non-hydrogen) atoms. The third kappa shape index (κ3) is 5.34. The van der Waals surface area contributed by atoms with E-state index in [1.807, 2.05) is 6.92 Å². The quantitative estimate of drug-likeness (QED) is 0.513. The first-order chi connectivity index (χ1) is 14.1. The van der Waals surface area contributed by atoms with E-state index in [4.69, 9.17) is 0 Å². The fourth-order valence-corrected chi connectivity index (χ4v) is 5.04. The first-order valence-electron chi connectivity index (χ1n) is 9.27. The number of aryl methyl sites for hydroxylation is 3. The molecule has 0 atom stereocenters. The van der Waals surface area contributed by atoms with E-state index in [1.54, 1.807) is 38.1 Å². The van der Waals surface area contributed by atoms with Gasteiger partial charge in [-0.2, -0.15) is 4.31 Å². The second-order valence-corrected chi connectivity index (χ2v) is 8.81. The molecule has 1 amide bonds. The standard InChI is InChI=1S/C22H26N2O5S/c1-6-11-24(30(27,28)21-16(3)12-15(2)13-17(21)4)14-20(25)23-19-9-7-18(8-10-19)22(26)29-5/h6-10,12-13H,1,11,14H2,2-5H3,(H,23,25). The Morgan fingerprint density at radius 1 is 1.10 bits per heavy atom. The van der Waals surface area contributed by atoms with E-state index in [0.717, 1.165) is 9.87 Å². The fourth-order valence-electron chi connectivity index (χ4n) is 3.26. The van der Waals surface area contributed by atoms with Crippen molar-refractivity contribution < 1.29 is 22.7 Å². The van der Waals surface area contributed by atoms with Crippen LogP contribution in [-0.2, 0) is 19.6 Å². The molecule has 0 aromatic heterocycles. The molecule has 2 aromatic carbocycles. The fraction of sp³-hybridized carbons (Fsp3) is 0.273. The topological polar surface area (TPSA) is 92.8 Å². The van der Waals surface area contributed by atoms with E-state index in [1.165, 1.54) is 25.3 Å². The molecule has 2 aromatic rings. The Morgan fingerprint density at radius 3 is 2.17 bits per heavy atom. The zero-order chi connectivity index (χ0) is 22.5. The largest absolute Gasteiger partial charge is 0.465 e. The molecule has 0 unspecified atom stereocenters. The van der Waals surface area contributed by atoms with Crippen LogP contribution < -0.4 is 5.32 Å². The van der Waals surface area contributed by atoms with E-state index in [9.17, 15) is 18.0 Å². The molecule has 0 radical (unpaired) electrons. The number of hydrogen-bond donors (Lipinski definition) is 1. The summed E-state index contributed by atoms with van der Waals surface area (Å²) in [5, 5.41) is 2.65. The monoisotopic (exact) mass is 430 g/mol. The zero-order valence-electron chi connectivity index (χ0n) is 17.6. The van der Waals surface area contributed by atoms with Gasteiger partial charge in [-0.15, -0.1) is 6.58 Å². The number of sulfonamides is 1. The molecule has 0 aliphatic rings. The highest BCUT2D eigenvalue weighted by atomic mass is 32.2. The number of benzene rings is 2. The van der Waals surface area contributed by atoms with Crippen LogP contribution in [-0.4, -0.2) is 44.8 Å². The molecule has 1 N–H and O–H groups in total. The number of anilines is 1. The molecule has 0 bridgehead atoms. The van der Waals surface area contributed by atoms with Crippen LogP contribution in [0.4, 0.5) is 5.69 Å². The van der Waals surface area contributed by atoms with Crippen LogP contribution in [0, 0.1) is 20.8 Å². The number of ether oxygens (including phenoxy) is 1. The lowest BCUT2D eigenvalue weighted by atomic mass is 10.1. The van der Waals surface area contributed by atoms with Crippen molar-refractivity contribution in [1.82, 2.24) is 4.31 Å². The van der Waals surface area contributed by atoms with Crippen LogP contribution in [0.1, 0.15) is 27.0 Å². The molecule has 0 heterocycles. The SMILES string of the molecule is C=CCN(CC(=O)Nc1ccc(C(=O)OC)cc1)S(=O)(=O)c1c(C)cc(C)cc1C. The number of nitrogens with zero attached hydrogens (tertiary/aromatic N) is 1. The van der Waals surface area contributed by atoms with Gasteiger partial charge in [-0.05, 0) is 56.2 Å². The lowest BCUT2D eigenvalue weighted by molar-refractivity contribution is -0.116. The Morgan fingerprint density at radius 2 is 1.67 bits per heavy atom. The van der Waals surface area contributed by atoms with Crippen molar-refractivity contribution in [3.05, 3.63) is 71.3 Å². The Bertz CT molecular complexity index is 1040. The molecule has 0 aliphatic heterocycles. The van der Waals surface area contributed by atoms with Crippen LogP contribution >= 0.6 is 0 Å². The predicted octanol–water partition coefficient (Wildman–Crippen LogP) is 3.21. The maximum Gasteiger partial charge on any atom is 0.337 e. The summed E-state index contributed by atoms with van der Waals surface area (Å²) in [6.45, 7) is 8.60. The van der Waals surface area contributed by atoms with Gasteiger partial charge in [0, 0.05) is 12.2 Å². The highest BCUT2D eigenvalue weighted by Gasteiger charge is 2.29. The zero-order valence-corrected chi connectivity index (χ0v) is 18.4. The van der Waals surface area contributed by atoms with E-state index in [-0.39, 0.29) is 18.0 Å². The minimum atomic E-state index is -3.91. The summed E-state index contributed by atoms with van der Waals surface area (Å²) in [7, 11) is -2.63. The number of rotatable bonds is 8. The van der Waals surface area contributed by atoms with Gasteiger partial charge in [0.2, 0.25) is 15.9 Å². The van der Waals surface area contributed by atoms with E-state index >= 15 is 0 Å². The summed E-state index contributed by atoms with van der Waals surface area (Å²) in [6, 6.07) is 9.72. The van der Waals surface area contributed by atoms with Gasteiger partial charge in [0.25, 0.3) is 0 Å². The molecule has 0 spiro atoms. The second kappa shape index (κ2) is 9.69. The lowest BCUT2D eigenvalue weighted by Crippen LogP contribution is -2.38. The molecular weight excluding hydrogens is 404 g/mol. The van der Waals surface area contributed by atoms with E-state index in [0.29, 0.717) is 22.4 Å². The van der Waals surface area contributed by atoms with Gasteiger partial charge in [-0.1, -0.05) is 23.8 Å². The smallest absolute Gasteiger partial charge is 0.337 e. The molecule has 0 fully saturated rings. The maximum atomic E-state index is 13.3. The molecule has 0 saturated heterocycles. The lowest BCUT2D eigenvalue weighted by Gasteiger charge is -2.23. The number of amides is 1. The van der Waals surface area contributed by atoms with Crippen LogP contribution in [0.3, 0.4) is 0 Å². The van der Waals surface area contributed by atoms with Crippen molar-refractivity contribution in [3.63, 3.8) is 0 Å². The Kier molecular flexibility index (Phi) is 7.53. The average molecular weight is 431 g/mol. The maximum absolute atomic E-state index is 13.3. The second-order valence-electron chi connectivity index (χ2n) is 6.93. The van der Waals surface area contributed by atoms with Crippen LogP contribution in [0.15, 0.2) is 53.9 Å². The van der Waals surface area contributed by atoms with Crippen LogP contribution in [0.25, 0.3) is 0 Å². The Balaban J connectivity index is 2.23. The molecule has 160 valence electrons. The van der Waals surface area contributed by atoms with Gasteiger partial charge >= 0.3 is 5.97 Å². The molecule has 8 heteroatoms. The van der Waals surface area contributed by atoms with Crippen molar-refractivity contribution >= 4 is 27.6 Å². The molecule has 7 nitrogen and oxygen atoms in total. The van der Waals surface area contributed by atoms with Crippen LogP contribution in [0.5, 0.6) is 0 Å². The number of esters is 1. The highest BCUT2D eigenvalue weighted by Crippen LogP contribution is 2.25. The third-order valence-electron chi connectivity index (χ3n) is 4.44. The highest BCUT2D eigenvalue weighted by molar-refractivity contribution is 7.89. The summed E-state index contributed by atoms with van der Waals surface area (Å²) < 4.78 is 32.2. The molecular formula is C22H26N2O5S. The van der Waals surface area contributed by atoms with Gasteiger partial charge < -0.3 is 10.1 Å². The summed E-state index contributed by atoms with van der Waals surface area (Å²) >= 11 is 0. The predicted molar refractivity (Wildman–Crippen MR) is 116 cm³/mol. The van der Waals surface area contributed by atoms with E-state index in [2.05, 4.69) is 16.6 Å². The number of carbonyl (C=O) groups is 2. The van der Waals surface area contributed by atoms with Crippen LogP contribution in [0.2, 0.25) is 0 Å². The summed E-state index contributed by atoms with van der Waals surface area (Å²) in [4.78, 5) is 24.2. The number of carbonyl (C=O) groups excluding carboxylic acids is 2. The van der Waals surface area contributed by atoms with Gasteiger partial charge in [0.1, 0.15) is 0 Å². The summed E-state index contributed by atoms with van der Waals surface area (Å²) in [6.07, 6.45) is 1.44. The van der Waals surface area contributed by atoms with Crippen molar-refractivity contribution in [2.45, 2.75) is 25.7 Å². The average Bonchev–Trinajstić information content (AvgIpc) is 2.66. The Labute approximate surface area is 177 Å².